The molecule has 0 bridgehead atoms. The van der Waals surface area contributed by atoms with E-state index in [1.54, 1.807) is 19.2 Å². The van der Waals surface area contributed by atoms with Crippen molar-refractivity contribution >= 4 is 5.96 Å². The maximum absolute atomic E-state index is 13.9. The van der Waals surface area contributed by atoms with Gasteiger partial charge in [0.05, 0.1) is 11.6 Å². The Morgan fingerprint density at radius 2 is 1.96 bits per heavy atom. The van der Waals surface area contributed by atoms with E-state index >= 15 is 0 Å². The molecule has 0 amide bonds. The van der Waals surface area contributed by atoms with Crippen LogP contribution < -0.4 is 20.1 Å². The molecule has 0 saturated heterocycles. The fourth-order valence-corrected chi connectivity index (χ4v) is 2.40. The van der Waals surface area contributed by atoms with E-state index in [4.69, 9.17) is 14.7 Å². The SMILES string of the molecule is CN=C(NCc1ccc2c(c1)OCO2)NCc1ccc(C#N)cc1F. The van der Waals surface area contributed by atoms with Crippen LogP contribution in [0.25, 0.3) is 0 Å². The number of guanidine groups is 1. The van der Waals surface area contributed by atoms with Crippen molar-refractivity contribution in [1.82, 2.24) is 10.6 Å². The monoisotopic (exact) mass is 340 g/mol. The molecule has 1 heterocycles. The minimum absolute atomic E-state index is 0.242. The van der Waals surface area contributed by atoms with Crippen molar-refractivity contribution < 1.29 is 13.9 Å². The van der Waals surface area contributed by atoms with E-state index in [-0.39, 0.29) is 13.3 Å². The molecule has 0 aliphatic carbocycles. The molecular formula is C18H17FN4O2. The van der Waals surface area contributed by atoms with Crippen LogP contribution in [0.2, 0.25) is 0 Å². The third-order valence-corrected chi connectivity index (χ3v) is 3.75. The van der Waals surface area contributed by atoms with Gasteiger partial charge in [0.2, 0.25) is 6.79 Å². The Hall–Kier alpha value is -3.27. The molecule has 0 atom stereocenters. The average Bonchev–Trinajstić information content (AvgIpc) is 3.10. The van der Waals surface area contributed by atoms with Crippen LogP contribution >= 0.6 is 0 Å². The minimum Gasteiger partial charge on any atom is -0.454 e. The fraction of sp³-hybridized carbons (Fsp3) is 0.222. The van der Waals surface area contributed by atoms with Gasteiger partial charge in [-0.1, -0.05) is 12.1 Å². The first-order valence-electron chi connectivity index (χ1n) is 7.71. The highest BCUT2D eigenvalue weighted by molar-refractivity contribution is 5.79. The van der Waals surface area contributed by atoms with Crippen LogP contribution in [-0.2, 0) is 13.1 Å². The van der Waals surface area contributed by atoms with Crippen LogP contribution in [0.4, 0.5) is 4.39 Å². The van der Waals surface area contributed by atoms with Gasteiger partial charge in [0.15, 0.2) is 17.5 Å². The van der Waals surface area contributed by atoms with Crippen molar-refractivity contribution in [1.29, 1.82) is 5.26 Å². The van der Waals surface area contributed by atoms with E-state index in [0.29, 0.717) is 23.6 Å². The van der Waals surface area contributed by atoms with Crippen molar-refractivity contribution in [2.75, 3.05) is 13.8 Å². The van der Waals surface area contributed by atoms with Crippen LogP contribution in [0.1, 0.15) is 16.7 Å². The second-order valence-electron chi connectivity index (χ2n) is 5.38. The lowest BCUT2D eigenvalue weighted by Crippen LogP contribution is -2.36. The Bertz CT molecular complexity index is 845. The molecule has 128 valence electrons. The Balaban J connectivity index is 1.56. The molecule has 1 aliphatic rings. The molecular weight excluding hydrogens is 323 g/mol. The Labute approximate surface area is 144 Å². The number of aliphatic imine (C=N–C) groups is 1. The number of hydrogen-bond donors (Lipinski definition) is 2. The zero-order valence-corrected chi connectivity index (χ0v) is 13.7. The number of fused-ring (bicyclic) bond motifs is 1. The number of benzene rings is 2. The lowest BCUT2D eigenvalue weighted by atomic mass is 10.1. The van der Waals surface area contributed by atoms with E-state index in [1.807, 2.05) is 24.3 Å². The summed E-state index contributed by atoms with van der Waals surface area (Å²) in [5.74, 6) is 1.59. The number of ether oxygens (including phenoxy) is 2. The van der Waals surface area contributed by atoms with Crippen molar-refractivity contribution in [2.24, 2.45) is 4.99 Å². The molecule has 6 nitrogen and oxygen atoms in total. The molecule has 7 heteroatoms. The lowest BCUT2D eigenvalue weighted by Gasteiger charge is -2.13. The van der Waals surface area contributed by atoms with Gasteiger partial charge in [-0.3, -0.25) is 4.99 Å². The van der Waals surface area contributed by atoms with Gasteiger partial charge in [0, 0.05) is 25.7 Å². The van der Waals surface area contributed by atoms with Crippen molar-refractivity contribution in [3.63, 3.8) is 0 Å². The van der Waals surface area contributed by atoms with Gasteiger partial charge in [0.1, 0.15) is 5.82 Å². The van der Waals surface area contributed by atoms with E-state index < -0.39 is 5.82 Å². The van der Waals surface area contributed by atoms with Crippen LogP contribution in [0.5, 0.6) is 11.5 Å². The molecule has 0 fully saturated rings. The number of rotatable bonds is 4. The molecule has 2 aromatic rings. The number of halogens is 1. The summed E-state index contributed by atoms with van der Waals surface area (Å²) in [6, 6.07) is 12.0. The third kappa shape index (κ3) is 3.98. The highest BCUT2D eigenvalue weighted by Crippen LogP contribution is 2.32. The van der Waals surface area contributed by atoms with E-state index in [1.165, 1.54) is 6.07 Å². The van der Waals surface area contributed by atoms with Gasteiger partial charge in [0.25, 0.3) is 0 Å². The first-order valence-corrected chi connectivity index (χ1v) is 7.71. The number of nitrogens with zero attached hydrogens (tertiary/aromatic N) is 2. The lowest BCUT2D eigenvalue weighted by molar-refractivity contribution is 0.174. The van der Waals surface area contributed by atoms with Crippen LogP contribution in [-0.4, -0.2) is 19.8 Å². The average molecular weight is 340 g/mol. The summed E-state index contributed by atoms with van der Waals surface area (Å²) < 4.78 is 24.5. The first kappa shape index (κ1) is 16.6. The zero-order chi connectivity index (χ0) is 17.6. The Morgan fingerprint density at radius 1 is 1.16 bits per heavy atom. The predicted molar refractivity (Wildman–Crippen MR) is 90.7 cm³/mol. The fourth-order valence-electron chi connectivity index (χ4n) is 2.40. The summed E-state index contributed by atoms with van der Waals surface area (Å²) in [4.78, 5) is 4.12. The highest BCUT2D eigenvalue weighted by Gasteiger charge is 2.13. The summed E-state index contributed by atoms with van der Waals surface area (Å²) in [6.45, 7) is 1.04. The molecule has 1 aliphatic heterocycles. The van der Waals surface area contributed by atoms with Gasteiger partial charge in [-0.15, -0.1) is 0 Å². The maximum Gasteiger partial charge on any atom is 0.231 e. The van der Waals surface area contributed by atoms with E-state index in [2.05, 4.69) is 15.6 Å². The van der Waals surface area contributed by atoms with Crippen molar-refractivity contribution in [3.8, 4) is 17.6 Å². The van der Waals surface area contributed by atoms with Crippen LogP contribution in [0.15, 0.2) is 41.4 Å². The highest BCUT2D eigenvalue weighted by atomic mass is 19.1. The quantitative estimate of drug-likeness (QED) is 0.659. The van der Waals surface area contributed by atoms with Crippen molar-refractivity contribution in [2.45, 2.75) is 13.1 Å². The van der Waals surface area contributed by atoms with E-state index in [9.17, 15) is 4.39 Å². The molecule has 0 spiro atoms. The molecule has 0 aromatic heterocycles. The second kappa shape index (κ2) is 7.53. The third-order valence-electron chi connectivity index (χ3n) is 3.75. The Kier molecular flexibility index (Phi) is 5.00. The molecule has 0 radical (unpaired) electrons. The van der Waals surface area contributed by atoms with Gasteiger partial charge in [-0.05, 0) is 29.8 Å². The molecule has 25 heavy (non-hydrogen) atoms. The molecule has 0 saturated carbocycles. The van der Waals surface area contributed by atoms with Gasteiger partial charge in [-0.2, -0.15) is 5.26 Å². The number of hydrogen-bond acceptors (Lipinski definition) is 4. The normalized spacial score (nSPS) is 12.6. The number of nitriles is 1. The zero-order valence-electron chi connectivity index (χ0n) is 13.7. The van der Waals surface area contributed by atoms with Crippen molar-refractivity contribution in [3.05, 3.63) is 58.9 Å². The topological polar surface area (TPSA) is 78.7 Å². The summed E-state index contributed by atoms with van der Waals surface area (Å²) >= 11 is 0. The summed E-state index contributed by atoms with van der Waals surface area (Å²) in [7, 11) is 1.64. The minimum atomic E-state index is -0.419. The summed E-state index contributed by atoms with van der Waals surface area (Å²) in [5, 5.41) is 15.0. The second-order valence-corrected chi connectivity index (χ2v) is 5.38. The summed E-state index contributed by atoms with van der Waals surface area (Å²) in [5.41, 5.74) is 1.77. The number of nitrogens with one attached hydrogen (secondary N) is 2. The molecule has 0 unspecified atom stereocenters. The molecule has 3 rings (SSSR count). The predicted octanol–water partition coefficient (Wildman–Crippen LogP) is 2.29. The summed E-state index contributed by atoms with van der Waals surface area (Å²) in [6.07, 6.45) is 0. The van der Waals surface area contributed by atoms with Crippen LogP contribution in [0, 0.1) is 17.1 Å². The van der Waals surface area contributed by atoms with Crippen LogP contribution in [0.3, 0.4) is 0 Å². The standard InChI is InChI=1S/C18H17FN4O2/c1-21-18(23-10-14-4-2-12(8-20)6-15(14)19)22-9-13-3-5-16-17(7-13)25-11-24-16/h2-7H,9-11H2,1H3,(H2,21,22,23). The van der Waals surface area contributed by atoms with Gasteiger partial charge < -0.3 is 20.1 Å². The smallest absolute Gasteiger partial charge is 0.231 e. The largest absolute Gasteiger partial charge is 0.454 e. The Morgan fingerprint density at radius 3 is 2.72 bits per heavy atom. The van der Waals surface area contributed by atoms with Gasteiger partial charge >= 0.3 is 0 Å². The van der Waals surface area contributed by atoms with E-state index in [0.717, 1.165) is 17.1 Å². The molecule has 2 N–H and O–H groups in total. The maximum atomic E-state index is 13.9. The first-order chi connectivity index (χ1) is 12.2. The van der Waals surface area contributed by atoms with Gasteiger partial charge in [-0.25, -0.2) is 4.39 Å². The molecule has 2 aromatic carbocycles.